The number of anilines is 1. The van der Waals surface area contributed by atoms with Crippen molar-refractivity contribution >= 4 is 11.6 Å². The van der Waals surface area contributed by atoms with Gasteiger partial charge < -0.3 is 10.6 Å². The van der Waals surface area contributed by atoms with Crippen molar-refractivity contribution in [2.45, 2.75) is 32.4 Å². The lowest BCUT2D eigenvalue weighted by Gasteiger charge is -2.35. The van der Waals surface area contributed by atoms with Crippen LogP contribution in [0, 0.1) is 0 Å². The van der Waals surface area contributed by atoms with E-state index in [1.165, 1.54) is 5.56 Å². The molecule has 0 bridgehead atoms. The third kappa shape index (κ3) is 2.54. The van der Waals surface area contributed by atoms with Crippen LogP contribution < -0.4 is 10.6 Å². The highest BCUT2D eigenvalue weighted by atomic mass is 16.2. The monoisotopic (exact) mass is 281 g/mol. The minimum Gasteiger partial charge on any atom is -0.326 e. The Labute approximate surface area is 124 Å². The SMILES string of the molecule is CC1CCc2ccccc2N1C(=O)c1ccc(CN)cn1. The van der Waals surface area contributed by atoms with Gasteiger partial charge >= 0.3 is 0 Å². The van der Waals surface area contributed by atoms with Gasteiger partial charge in [0.15, 0.2) is 0 Å². The summed E-state index contributed by atoms with van der Waals surface area (Å²) in [5.41, 5.74) is 9.20. The maximum atomic E-state index is 12.8. The first-order chi connectivity index (χ1) is 10.2. The standard InChI is InChI=1S/C17H19N3O/c1-12-6-8-14-4-2-3-5-16(14)20(12)17(21)15-9-7-13(10-18)11-19-15/h2-5,7,9,11-12H,6,8,10,18H2,1H3. The number of rotatable bonds is 2. The van der Waals surface area contributed by atoms with Gasteiger partial charge in [0, 0.05) is 24.5 Å². The van der Waals surface area contributed by atoms with Crippen LogP contribution in [-0.4, -0.2) is 16.9 Å². The van der Waals surface area contributed by atoms with E-state index in [9.17, 15) is 4.79 Å². The van der Waals surface area contributed by atoms with E-state index < -0.39 is 0 Å². The Morgan fingerprint density at radius 2 is 2.14 bits per heavy atom. The highest BCUT2D eigenvalue weighted by molar-refractivity contribution is 6.05. The van der Waals surface area contributed by atoms with E-state index in [1.54, 1.807) is 12.3 Å². The minimum absolute atomic E-state index is 0.0433. The summed E-state index contributed by atoms with van der Waals surface area (Å²) in [6, 6.07) is 11.9. The number of carbonyl (C=O) groups is 1. The number of para-hydroxylation sites is 1. The molecular formula is C17H19N3O. The van der Waals surface area contributed by atoms with Crippen LogP contribution >= 0.6 is 0 Å². The van der Waals surface area contributed by atoms with E-state index >= 15 is 0 Å². The Kier molecular flexibility index (Phi) is 3.71. The number of fused-ring (bicyclic) bond motifs is 1. The second-order valence-corrected chi connectivity index (χ2v) is 5.45. The van der Waals surface area contributed by atoms with Crippen molar-refractivity contribution in [2.75, 3.05) is 4.90 Å². The molecule has 1 aromatic heterocycles. The second-order valence-electron chi connectivity index (χ2n) is 5.45. The van der Waals surface area contributed by atoms with E-state index in [0.29, 0.717) is 12.2 Å². The predicted molar refractivity (Wildman–Crippen MR) is 83.2 cm³/mol. The summed E-state index contributed by atoms with van der Waals surface area (Å²) >= 11 is 0. The molecule has 4 nitrogen and oxygen atoms in total. The quantitative estimate of drug-likeness (QED) is 0.920. The molecule has 1 amide bonds. The largest absolute Gasteiger partial charge is 0.326 e. The molecule has 108 valence electrons. The number of aromatic nitrogens is 1. The normalized spacial score (nSPS) is 17.4. The van der Waals surface area contributed by atoms with Gasteiger partial charge in [-0.25, -0.2) is 0 Å². The smallest absolute Gasteiger partial charge is 0.277 e. The van der Waals surface area contributed by atoms with Gasteiger partial charge in [-0.15, -0.1) is 0 Å². The highest BCUT2D eigenvalue weighted by Gasteiger charge is 2.29. The maximum absolute atomic E-state index is 12.8. The molecule has 4 heteroatoms. The number of hydrogen-bond donors (Lipinski definition) is 1. The summed E-state index contributed by atoms with van der Waals surface area (Å²) in [7, 11) is 0. The summed E-state index contributed by atoms with van der Waals surface area (Å²) in [5.74, 6) is -0.0433. The van der Waals surface area contributed by atoms with Gasteiger partial charge in [-0.1, -0.05) is 24.3 Å². The molecule has 1 unspecified atom stereocenters. The number of pyridine rings is 1. The van der Waals surface area contributed by atoms with Crippen molar-refractivity contribution in [1.82, 2.24) is 4.98 Å². The molecule has 1 aromatic carbocycles. The molecule has 21 heavy (non-hydrogen) atoms. The molecule has 0 aliphatic carbocycles. The Hall–Kier alpha value is -2.20. The predicted octanol–water partition coefficient (Wildman–Crippen LogP) is 2.52. The third-order valence-electron chi connectivity index (χ3n) is 4.02. The van der Waals surface area contributed by atoms with Crippen molar-refractivity contribution in [2.24, 2.45) is 5.73 Å². The zero-order valence-electron chi connectivity index (χ0n) is 12.1. The van der Waals surface area contributed by atoms with E-state index in [1.807, 2.05) is 29.2 Å². The van der Waals surface area contributed by atoms with Crippen LogP contribution in [-0.2, 0) is 13.0 Å². The van der Waals surface area contributed by atoms with Crippen LogP contribution in [0.2, 0.25) is 0 Å². The van der Waals surface area contributed by atoms with E-state index in [2.05, 4.69) is 18.0 Å². The molecule has 0 saturated carbocycles. The highest BCUT2D eigenvalue weighted by Crippen LogP contribution is 2.31. The summed E-state index contributed by atoms with van der Waals surface area (Å²) in [6.07, 6.45) is 3.66. The van der Waals surface area contributed by atoms with Gasteiger partial charge in [-0.05, 0) is 43.0 Å². The van der Waals surface area contributed by atoms with E-state index in [-0.39, 0.29) is 11.9 Å². The summed E-state index contributed by atoms with van der Waals surface area (Å²) in [6.45, 7) is 2.52. The van der Waals surface area contributed by atoms with Gasteiger partial charge in [0.05, 0.1) is 0 Å². The Balaban J connectivity index is 1.96. The van der Waals surface area contributed by atoms with Crippen molar-refractivity contribution in [3.63, 3.8) is 0 Å². The molecular weight excluding hydrogens is 262 g/mol. The lowest BCUT2D eigenvalue weighted by atomic mass is 9.96. The van der Waals surface area contributed by atoms with Crippen LogP contribution in [0.25, 0.3) is 0 Å². The average molecular weight is 281 g/mol. The molecule has 3 rings (SSSR count). The summed E-state index contributed by atoms with van der Waals surface area (Å²) < 4.78 is 0. The Morgan fingerprint density at radius 1 is 1.33 bits per heavy atom. The number of nitrogens with two attached hydrogens (primary N) is 1. The van der Waals surface area contributed by atoms with Crippen LogP contribution in [0.15, 0.2) is 42.6 Å². The number of hydrogen-bond acceptors (Lipinski definition) is 3. The minimum atomic E-state index is -0.0433. The lowest BCUT2D eigenvalue weighted by Crippen LogP contribution is -2.42. The Morgan fingerprint density at radius 3 is 2.86 bits per heavy atom. The molecule has 2 N–H and O–H groups in total. The number of benzene rings is 1. The van der Waals surface area contributed by atoms with Gasteiger partial charge in [-0.3, -0.25) is 9.78 Å². The molecule has 0 radical (unpaired) electrons. The fourth-order valence-corrected chi connectivity index (χ4v) is 2.79. The first kappa shape index (κ1) is 13.8. The molecule has 2 heterocycles. The molecule has 0 fully saturated rings. The molecule has 1 aliphatic heterocycles. The molecule has 2 aromatic rings. The zero-order valence-corrected chi connectivity index (χ0v) is 12.1. The van der Waals surface area contributed by atoms with Gasteiger partial charge in [-0.2, -0.15) is 0 Å². The topological polar surface area (TPSA) is 59.2 Å². The second kappa shape index (κ2) is 5.66. The van der Waals surface area contributed by atoms with Crippen molar-refractivity contribution in [3.05, 3.63) is 59.4 Å². The van der Waals surface area contributed by atoms with Crippen LogP contribution in [0.5, 0.6) is 0 Å². The van der Waals surface area contributed by atoms with Crippen LogP contribution in [0.4, 0.5) is 5.69 Å². The average Bonchev–Trinajstić information content (AvgIpc) is 2.54. The molecule has 1 atom stereocenters. The number of nitrogens with zero attached hydrogens (tertiary/aromatic N) is 2. The van der Waals surface area contributed by atoms with E-state index in [4.69, 9.17) is 5.73 Å². The van der Waals surface area contributed by atoms with Crippen molar-refractivity contribution < 1.29 is 4.79 Å². The van der Waals surface area contributed by atoms with Crippen LogP contribution in [0.1, 0.15) is 35.0 Å². The third-order valence-corrected chi connectivity index (χ3v) is 4.02. The van der Waals surface area contributed by atoms with Crippen LogP contribution in [0.3, 0.4) is 0 Å². The number of aryl methyl sites for hydroxylation is 1. The molecule has 1 aliphatic rings. The number of carbonyl (C=O) groups excluding carboxylic acids is 1. The first-order valence-electron chi connectivity index (χ1n) is 7.27. The van der Waals surface area contributed by atoms with E-state index in [0.717, 1.165) is 24.1 Å². The Bertz CT molecular complexity index is 651. The first-order valence-corrected chi connectivity index (χ1v) is 7.27. The summed E-state index contributed by atoms with van der Waals surface area (Å²) in [5, 5.41) is 0. The fourth-order valence-electron chi connectivity index (χ4n) is 2.79. The van der Waals surface area contributed by atoms with Gasteiger partial charge in [0.2, 0.25) is 0 Å². The lowest BCUT2D eigenvalue weighted by molar-refractivity contribution is 0.0970. The maximum Gasteiger partial charge on any atom is 0.277 e. The molecule has 0 saturated heterocycles. The number of amides is 1. The van der Waals surface area contributed by atoms with Crippen molar-refractivity contribution in [1.29, 1.82) is 0 Å². The van der Waals surface area contributed by atoms with Gasteiger partial charge in [0.25, 0.3) is 5.91 Å². The fraction of sp³-hybridized carbons (Fsp3) is 0.294. The van der Waals surface area contributed by atoms with Gasteiger partial charge in [0.1, 0.15) is 5.69 Å². The summed E-state index contributed by atoms with van der Waals surface area (Å²) in [4.78, 5) is 18.9. The zero-order chi connectivity index (χ0) is 14.8. The van der Waals surface area contributed by atoms with Crippen molar-refractivity contribution in [3.8, 4) is 0 Å². The molecule has 0 spiro atoms.